The molecule has 0 aliphatic carbocycles. The highest BCUT2D eigenvalue weighted by molar-refractivity contribution is 5.69. The molecule has 0 spiro atoms. The fraction of sp³-hybridized carbons (Fsp3) is 0.917. The number of esters is 1. The van der Waals surface area contributed by atoms with Crippen LogP contribution in [0, 0.1) is 0 Å². The largest absolute Gasteiger partial charge is 0.462 e. The molecule has 0 rings (SSSR count). The van der Waals surface area contributed by atoms with Gasteiger partial charge in [-0.1, -0.05) is 38.2 Å². The first kappa shape index (κ1) is 15.8. The fourth-order valence-electron chi connectivity index (χ4n) is 1.56. The molecule has 0 saturated carbocycles. The van der Waals surface area contributed by atoms with E-state index >= 15 is 0 Å². The quantitative estimate of drug-likeness (QED) is 0.191. The first-order valence-electron chi connectivity index (χ1n) is 6.44. The van der Waals surface area contributed by atoms with Crippen LogP contribution in [0.3, 0.4) is 0 Å². The highest BCUT2D eigenvalue weighted by atomic mass is 16.5. The van der Waals surface area contributed by atoms with E-state index in [9.17, 15) is 4.79 Å². The van der Waals surface area contributed by atoms with E-state index in [0.717, 1.165) is 25.7 Å². The minimum Gasteiger partial charge on any atom is -0.462 e. The van der Waals surface area contributed by atoms with E-state index < -0.39 is 0 Å². The maximum atomic E-state index is 11.3. The van der Waals surface area contributed by atoms with E-state index in [0.29, 0.717) is 6.42 Å². The molecule has 0 saturated heterocycles. The Morgan fingerprint density at radius 1 is 1.29 bits per heavy atom. The maximum absolute atomic E-state index is 11.3. The van der Waals surface area contributed by atoms with Crippen LogP contribution >= 0.6 is 0 Å². The van der Waals surface area contributed by atoms with E-state index in [1.165, 1.54) is 12.8 Å². The molecule has 5 heteroatoms. The zero-order chi connectivity index (χ0) is 12.9. The molecule has 0 fully saturated rings. The molecule has 5 nitrogen and oxygen atoms in total. The molecule has 0 radical (unpaired) electrons. The molecule has 0 unspecified atom stereocenters. The SMILES string of the molecule is CCCCCC[C@H](CN=[N+]=[N-])OC(=O)CCC. The lowest BCUT2D eigenvalue weighted by Crippen LogP contribution is -2.20. The van der Waals surface area contributed by atoms with Gasteiger partial charge in [-0.05, 0) is 24.8 Å². The summed E-state index contributed by atoms with van der Waals surface area (Å²) >= 11 is 0. The molecule has 0 N–H and O–H groups in total. The van der Waals surface area contributed by atoms with Crippen molar-refractivity contribution in [3.05, 3.63) is 10.4 Å². The summed E-state index contributed by atoms with van der Waals surface area (Å²) in [5, 5.41) is 3.49. The zero-order valence-electron chi connectivity index (χ0n) is 10.9. The van der Waals surface area contributed by atoms with Gasteiger partial charge in [0.15, 0.2) is 0 Å². The van der Waals surface area contributed by atoms with Gasteiger partial charge < -0.3 is 4.74 Å². The second kappa shape index (κ2) is 11.3. The standard InChI is InChI=1S/C12H23N3O2/c1-3-5-6-7-9-11(10-14-15-13)17-12(16)8-4-2/h11H,3-10H2,1-2H3/t11-/m1/s1. The van der Waals surface area contributed by atoms with Crippen LogP contribution in [0.15, 0.2) is 5.11 Å². The highest BCUT2D eigenvalue weighted by Gasteiger charge is 2.12. The first-order valence-corrected chi connectivity index (χ1v) is 6.44. The number of ether oxygens (including phenoxy) is 1. The molecule has 0 amide bonds. The number of carbonyl (C=O) groups excluding carboxylic acids is 1. The molecule has 0 aromatic heterocycles. The van der Waals surface area contributed by atoms with Crippen molar-refractivity contribution in [1.29, 1.82) is 0 Å². The highest BCUT2D eigenvalue weighted by Crippen LogP contribution is 2.10. The van der Waals surface area contributed by atoms with Gasteiger partial charge in [-0.3, -0.25) is 4.79 Å². The van der Waals surface area contributed by atoms with Crippen LogP contribution in [-0.2, 0) is 9.53 Å². The van der Waals surface area contributed by atoms with Crippen LogP contribution in [0.25, 0.3) is 10.4 Å². The number of unbranched alkanes of at least 4 members (excludes halogenated alkanes) is 3. The number of nitrogens with zero attached hydrogens (tertiary/aromatic N) is 3. The van der Waals surface area contributed by atoms with Gasteiger partial charge in [0.1, 0.15) is 6.10 Å². The van der Waals surface area contributed by atoms with Crippen molar-refractivity contribution >= 4 is 5.97 Å². The van der Waals surface area contributed by atoms with E-state index in [1.807, 2.05) is 6.92 Å². The molecule has 1 atom stereocenters. The van der Waals surface area contributed by atoms with Gasteiger partial charge in [-0.25, -0.2) is 0 Å². The normalized spacial score (nSPS) is 11.6. The van der Waals surface area contributed by atoms with Crippen LogP contribution in [-0.4, -0.2) is 18.6 Å². The van der Waals surface area contributed by atoms with Crippen molar-refractivity contribution in [2.75, 3.05) is 6.54 Å². The summed E-state index contributed by atoms with van der Waals surface area (Å²) in [5.74, 6) is -0.193. The third kappa shape index (κ3) is 9.69. The number of carbonyl (C=O) groups is 1. The molecule has 0 aliphatic rings. The fourth-order valence-corrected chi connectivity index (χ4v) is 1.56. The van der Waals surface area contributed by atoms with E-state index in [4.69, 9.17) is 10.3 Å². The van der Waals surface area contributed by atoms with Crippen molar-refractivity contribution in [3.63, 3.8) is 0 Å². The lowest BCUT2D eigenvalue weighted by molar-refractivity contribution is -0.149. The summed E-state index contributed by atoms with van der Waals surface area (Å²) < 4.78 is 5.27. The van der Waals surface area contributed by atoms with Gasteiger partial charge in [0.05, 0.1) is 6.54 Å². The molecular weight excluding hydrogens is 218 g/mol. The van der Waals surface area contributed by atoms with Crippen LogP contribution < -0.4 is 0 Å². The summed E-state index contributed by atoms with van der Waals surface area (Å²) in [7, 11) is 0. The van der Waals surface area contributed by atoms with Crippen LogP contribution in [0.4, 0.5) is 0 Å². The Labute approximate surface area is 103 Å². The van der Waals surface area contributed by atoms with Crippen LogP contribution in [0.5, 0.6) is 0 Å². The Morgan fingerprint density at radius 3 is 2.65 bits per heavy atom. The zero-order valence-corrected chi connectivity index (χ0v) is 10.9. The minimum atomic E-state index is -0.248. The lowest BCUT2D eigenvalue weighted by atomic mass is 10.1. The molecule has 0 heterocycles. The monoisotopic (exact) mass is 241 g/mol. The number of rotatable bonds is 10. The van der Waals surface area contributed by atoms with E-state index in [1.54, 1.807) is 0 Å². The summed E-state index contributed by atoms with van der Waals surface area (Å²) in [5.41, 5.74) is 8.28. The smallest absolute Gasteiger partial charge is 0.306 e. The summed E-state index contributed by atoms with van der Waals surface area (Å²) in [6.07, 6.45) is 6.27. The van der Waals surface area contributed by atoms with Crippen molar-refractivity contribution < 1.29 is 9.53 Å². The lowest BCUT2D eigenvalue weighted by Gasteiger charge is -2.15. The Kier molecular flexibility index (Phi) is 10.5. The predicted molar refractivity (Wildman–Crippen MR) is 67.6 cm³/mol. The minimum absolute atomic E-state index is 0.193. The summed E-state index contributed by atoms with van der Waals surface area (Å²) in [6.45, 7) is 4.34. The van der Waals surface area contributed by atoms with Crippen molar-refractivity contribution in [2.45, 2.75) is 64.9 Å². The molecular formula is C12H23N3O2. The van der Waals surface area contributed by atoms with Gasteiger partial charge in [0.25, 0.3) is 0 Å². The van der Waals surface area contributed by atoms with Gasteiger partial charge >= 0.3 is 5.97 Å². The van der Waals surface area contributed by atoms with Gasteiger partial charge in [0, 0.05) is 11.3 Å². The Balaban J connectivity index is 3.95. The third-order valence-electron chi connectivity index (χ3n) is 2.48. The van der Waals surface area contributed by atoms with Crippen LogP contribution in [0.1, 0.15) is 58.8 Å². The van der Waals surface area contributed by atoms with Gasteiger partial charge in [0.2, 0.25) is 0 Å². The Hall–Kier alpha value is -1.22. The summed E-state index contributed by atoms with van der Waals surface area (Å²) in [4.78, 5) is 14.1. The van der Waals surface area contributed by atoms with Crippen molar-refractivity contribution in [2.24, 2.45) is 5.11 Å². The van der Waals surface area contributed by atoms with Crippen molar-refractivity contribution in [1.82, 2.24) is 0 Å². The van der Waals surface area contributed by atoms with Gasteiger partial charge in [-0.2, -0.15) is 0 Å². The average Bonchev–Trinajstić information content (AvgIpc) is 2.31. The molecule has 0 aromatic carbocycles. The van der Waals surface area contributed by atoms with E-state index in [-0.39, 0.29) is 18.6 Å². The average molecular weight is 241 g/mol. The second-order valence-corrected chi connectivity index (χ2v) is 4.12. The number of hydrogen-bond donors (Lipinski definition) is 0. The maximum Gasteiger partial charge on any atom is 0.306 e. The molecule has 0 bridgehead atoms. The van der Waals surface area contributed by atoms with Gasteiger partial charge in [-0.15, -0.1) is 0 Å². The summed E-state index contributed by atoms with van der Waals surface area (Å²) in [6, 6.07) is 0. The third-order valence-corrected chi connectivity index (χ3v) is 2.48. The van der Waals surface area contributed by atoms with E-state index in [2.05, 4.69) is 16.9 Å². The number of hydrogen-bond acceptors (Lipinski definition) is 3. The predicted octanol–water partition coefficient (Wildman–Crippen LogP) is 3.98. The Bertz CT molecular complexity index is 250. The first-order chi connectivity index (χ1) is 8.24. The number of azide groups is 1. The molecule has 98 valence electrons. The van der Waals surface area contributed by atoms with Crippen LogP contribution in [0.2, 0.25) is 0 Å². The topological polar surface area (TPSA) is 75.1 Å². The second-order valence-electron chi connectivity index (χ2n) is 4.12. The van der Waals surface area contributed by atoms with Crippen molar-refractivity contribution in [3.8, 4) is 0 Å². The Morgan fingerprint density at radius 2 is 2.06 bits per heavy atom. The molecule has 0 aromatic rings. The molecule has 17 heavy (non-hydrogen) atoms. The molecule has 0 aliphatic heterocycles.